The molecular weight excluding hydrogens is 300 g/mol. The van der Waals surface area contributed by atoms with Gasteiger partial charge in [0.05, 0.1) is 37.6 Å². The van der Waals surface area contributed by atoms with E-state index in [4.69, 9.17) is 9.47 Å². The molecule has 0 spiro atoms. The van der Waals surface area contributed by atoms with E-state index in [1.807, 2.05) is 0 Å². The van der Waals surface area contributed by atoms with Crippen LogP contribution < -0.4 is 5.32 Å². The first-order valence-electron chi connectivity index (χ1n) is 7.67. The molecular formula is C16H24N2O5. The second kappa shape index (κ2) is 8.35. The molecule has 1 amide bonds. The second-order valence-electron chi connectivity index (χ2n) is 6.01. The fourth-order valence-corrected chi connectivity index (χ4v) is 2.85. The third-order valence-corrected chi connectivity index (χ3v) is 4.12. The fourth-order valence-electron chi connectivity index (χ4n) is 2.85. The Morgan fingerprint density at radius 1 is 1.39 bits per heavy atom. The van der Waals surface area contributed by atoms with Gasteiger partial charge in [0, 0.05) is 31.5 Å². The molecule has 1 aliphatic carbocycles. The number of ether oxygens (including phenoxy) is 2. The average Bonchev–Trinajstić information content (AvgIpc) is 2.85. The number of pyridine rings is 1. The number of hydrogen-bond donors (Lipinski definition) is 3. The van der Waals surface area contributed by atoms with E-state index in [9.17, 15) is 15.0 Å². The zero-order chi connectivity index (χ0) is 16.7. The van der Waals surface area contributed by atoms with Gasteiger partial charge >= 0.3 is 0 Å². The topological polar surface area (TPSA) is 101 Å². The van der Waals surface area contributed by atoms with Gasteiger partial charge in [0.1, 0.15) is 0 Å². The predicted octanol–water partition coefficient (Wildman–Crippen LogP) is -0.0236. The van der Waals surface area contributed by atoms with Gasteiger partial charge in [-0.2, -0.15) is 0 Å². The minimum Gasteiger partial charge on any atom is -0.390 e. The maximum atomic E-state index is 12.1. The highest BCUT2D eigenvalue weighted by Crippen LogP contribution is 2.38. The highest BCUT2D eigenvalue weighted by Gasteiger charge is 2.44. The van der Waals surface area contributed by atoms with E-state index < -0.39 is 17.6 Å². The molecule has 3 N–H and O–H groups in total. The quantitative estimate of drug-likeness (QED) is 0.581. The molecule has 1 heterocycles. The van der Waals surface area contributed by atoms with Crippen molar-refractivity contribution < 1.29 is 24.5 Å². The Hall–Kier alpha value is -1.54. The Morgan fingerprint density at radius 3 is 2.74 bits per heavy atom. The van der Waals surface area contributed by atoms with Crippen molar-refractivity contribution in [3.8, 4) is 0 Å². The third-order valence-electron chi connectivity index (χ3n) is 4.12. The van der Waals surface area contributed by atoms with Crippen molar-refractivity contribution in [3.05, 3.63) is 30.1 Å². The van der Waals surface area contributed by atoms with Gasteiger partial charge in [-0.1, -0.05) is 0 Å². The molecule has 2 rings (SSSR count). The summed E-state index contributed by atoms with van der Waals surface area (Å²) in [5.41, 5.74) is -0.00759. The van der Waals surface area contributed by atoms with Crippen LogP contribution in [0.15, 0.2) is 24.5 Å². The zero-order valence-corrected chi connectivity index (χ0v) is 13.3. The molecule has 2 unspecified atom stereocenters. The van der Waals surface area contributed by atoms with Crippen molar-refractivity contribution >= 4 is 5.91 Å². The summed E-state index contributed by atoms with van der Waals surface area (Å²) in [5, 5.41) is 22.6. The van der Waals surface area contributed by atoms with Crippen molar-refractivity contribution in [2.75, 3.05) is 33.5 Å². The van der Waals surface area contributed by atoms with Crippen LogP contribution in [0.4, 0.5) is 0 Å². The predicted molar refractivity (Wildman–Crippen MR) is 82.9 cm³/mol. The molecule has 128 valence electrons. The normalized spacial score (nSPS) is 27.1. The summed E-state index contributed by atoms with van der Waals surface area (Å²) in [5.74, 6) is -0.231. The van der Waals surface area contributed by atoms with Gasteiger partial charge in [-0.15, -0.1) is 0 Å². The molecule has 1 aromatic heterocycles. The highest BCUT2D eigenvalue weighted by atomic mass is 16.5. The summed E-state index contributed by atoms with van der Waals surface area (Å²) in [6.45, 7) is 1.57. The zero-order valence-electron chi connectivity index (χ0n) is 13.3. The van der Waals surface area contributed by atoms with Crippen LogP contribution in [0.1, 0.15) is 23.2 Å². The summed E-state index contributed by atoms with van der Waals surface area (Å²) in [6.07, 6.45) is 2.27. The molecule has 1 aromatic rings. The molecule has 0 aliphatic heterocycles. The summed E-state index contributed by atoms with van der Waals surface area (Å²) in [4.78, 5) is 16.1. The molecule has 1 fully saturated rings. The van der Waals surface area contributed by atoms with Crippen LogP contribution in [0, 0.1) is 5.41 Å². The van der Waals surface area contributed by atoms with Crippen LogP contribution in [0.3, 0.4) is 0 Å². The van der Waals surface area contributed by atoms with Crippen molar-refractivity contribution in [1.29, 1.82) is 0 Å². The van der Waals surface area contributed by atoms with Crippen molar-refractivity contribution in [2.24, 2.45) is 5.41 Å². The largest absolute Gasteiger partial charge is 0.390 e. The first kappa shape index (κ1) is 17.8. The van der Waals surface area contributed by atoms with Crippen molar-refractivity contribution in [2.45, 2.75) is 25.0 Å². The van der Waals surface area contributed by atoms with Crippen molar-refractivity contribution in [3.63, 3.8) is 0 Å². The third kappa shape index (κ3) is 4.97. The van der Waals surface area contributed by atoms with Gasteiger partial charge in [-0.25, -0.2) is 0 Å². The lowest BCUT2D eigenvalue weighted by Gasteiger charge is -2.29. The second-order valence-corrected chi connectivity index (χ2v) is 6.01. The first-order chi connectivity index (χ1) is 11.1. The molecule has 1 aliphatic rings. The molecule has 23 heavy (non-hydrogen) atoms. The van der Waals surface area contributed by atoms with Crippen LogP contribution in [0.2, 0.25) is 0 Å². The monoisotopic (exact) mass is 324 g/mol. The highest BCUT2D eigenvalue weighted by molar-refractivity contribution is 5.93. The van der Waals surface area contributed by atoms with Crippen molar-refractivity contribution in [1.82, 2.24) is 10.3 Å². The Labute approximate surface area is 135 Å². The number of methoxy groups -OCH3 is 1. The van der Waals surface area contributed by atoms with E-state index in [2.05, 4.69) is 10.3 Å². The van der Waals surface area contributed by atoms with E-state index in [1.165, 1.54) is 6.20 Å². The SMILES string of the molecule is COCCOCC1(CNC(=O)c2cccnc2)CC(O)C(O)C1. The number of aromatic nitrogens is 1. The lowest BCUT2D eigenvalue weighted by atomic mass is 9.86. The van der Waals surface area contributed by atoms with E-state index in [-0.39, 0.29) is 5.91 Å². The van der Waals surface area contributed by atoms with Crippen LogP contribution in [0.25, 0.3) is 0 Å². The summed E-state index contributed by atoms with van der Waals surface area (Å²) >= 11 is 0. The first-order valence-corrected chi connectivity index (χ1v) is 7.67. The maximum absolute atomic E-state index is 12.1. The summed E-state index contributed by atoms with van der Waals surface area (Å²) < 4.78 is 10.5. The molecule has 0 aromatic carbocycles. The molecule has 0 saturated heterocycles. The van der Waals surface area contributed by atoms with Gasteiger partial charge in [0.15, 0.2) is 0 Å². The van der Waals surface area contributed by atoms with E-state index >= 15 is 0 Å². The van der Waals surface area contributed by atoms with Gasteiger partial charge in [-0.05, 0) is 25.0 Å². The average molecular weight is 324 g/mol. The van der Waals surface area contributed by atoms with Crippen LogP contribution in [-0.2, 0) is 9.47 Å². The number of amides is 1. The fraction of sp³-hybridized carbons (Fsp3) is 0.625. The molecule has 7 heteroatoms. The van der Waals surface area contributed by atoms with Gasteiger partial charge in [0.25, 0.3) is 5.91 Å². The number of aliphatic hydroxyl groups is 2. The minimum atomic E-state index is -0.795. The van der Waals surface area contributed by atoms with Gasteiger partial charge in [-0.3, -0.25) is 9.78 Å². The van der Waals surface area contributed by atoms with Gasteiger partial charge in [0.2, 0.25) is 0 Å². The van der Waals surface area contributed by atoms with E-state index in [1.54, 1.807) is 25.4 Å². The Balaban J connectivity index is 1.94. The number of rotatable bonds is 8. The number of nitrogens with one attached hydrogen (secondary N) is 1. The Kier molecular flexibility index (Phi) is 6.47. The molecule has 1 saturated carbocycles. The summed E-state index contributed by atoms with van der Waals surface area (Å²) in [7, 11) is 1.59. The maximum Gasteiger partial charge on any atom is 0.252 e. The lowest BCUT2D eigenvalue weighted by molar-refractivity contribution is 0.0114. The van der Waals surface area contributed by atoms with Crippen LogP contribution in [-0.4, -0.2) is 66.8 Å². The standard InChI is InChI=1S/C16H24N2O5/c1-22-5-6-23-11-16(7-13(19)14(20)8-16)10-18-15(21)12-3-2-4-17-9-12/h2-4,9,13-14,19-20H,5-8,10-11H2,1H3,(H,18,21). The molecule has 0 radical (unpaired) electrons. The number of carbonyl (C=O) groups excluding carboxylic acids is 1. The molecule has 0 bridgehead atoms. The smallest absolute Gasteiger partial charge is 0.252 e. The Bertz CT molecular complexity index is 487. The van der Waals surface area contributed by atoms with E-state index in [0.29, 0.717) is 44.8 Å². The number of aliphatic hydroxyl groups excluding tert-OH is 2. The number of nitrogens with zero attached hydrogens (tertiary/aromatic N) is 1. The van der Waals surface area contributed by atoms with Crippen LogP contribution in [0.5, 0.6) is 0 Å². The number of carbonyl (C=O) groups is 1. The van der Waals surface area contributed by atoms with Gasteiger partial charge < -0.3 is 25.0 Å². The number of hydrogen-bond acceptors (Lipinski definition) is 6. The van der Waals surface area contributed by atoms with Crippen LogP contribution >= 0.6 is 0 Å². The lowest BCUT2D eigenvalue weighted by Crippen LogP contribution is -2.40. The minimum absolute atomic E-state index is 0.231. The summed E-state index contributed by atoms with van der Waals surface area (Å²) in [6, 6.07) is 3.38. The van der Waals surface area contributed by atoms with E-state index in [0.717, 1.165) is 0 Å². The Morgan fingerprint density at radius 2 is 2.13 bits per heavy atom. The molecule has 2 atom stereocenters. The molecule has 7 nitrogen and oxygen atoms in total.